The molecule has 0 amide bonds. The summed E-state index contributed by atoms with van der Waals surface area (Å²) in [6.07, 6.45) is 8.52. The van der Waals surface area contributed by atoms with E-state index in [4.69, 9.17) is 54.3 Å². The summed E-state index contributed by atoms with van der Waals surface area (Å²) in [5, 5.41) is 3.34. The molecule has 0 aliphatic rings. The first-order valence-electron chi connectivity index (χ1n) is 23.1. The van der Waals surface area contributed by atoms with E-state index in [1.54, 1.807) is 0 Å². The Balaban J connectivity index is -0.000000873. The fourth-order valence-electron chi connectivity index (χ4n) is 5.62. The summed E-state index contributed by atoms with van der Waals surface area (Å²) in [6, 6.07) is 0. The number of nitrogens with zero attached hydrogens (tertiary/aromatic N) is 7. The summed E-state index contributed by atoms with van der Waals surface area (Å²) in [5.74, 6) is -0.571. The van der Waals surface area contributed by atoms with E-state index in [1.165, 1.54) is 0 Å². The van der Waals surface area contributed by atoms with Crippen molar-refractivity contribution < 1.29 is 28.6 Å². The van der Waals surface area contributed by atoms with E-state index in [2.05, 4.69) is 20.0 Å². The van der Waals surface area contributed by atoms with Crippen molar-refractivity contribution in [3.63, 3.8) is 0 Å². The van der Waals surface area contributed by atoms with E-state index in [9.17, 15) is 14.4 Å². The third-order valence-corrected chi connectivity index (χ3v) is 8.91. The Bertz CT molecular complexity index is 992. The second-order valence-corrected chi connectivity index (χ2v) is 16.3. The highest BCUT2D eigenvalue weighted by Gasteiger charge is 2.15. The molecule has 0 heterocycles. The van der Waals surface area contributed by atoms with Crippen LogP contribution in [0.3, 0.4) is 0 Å². The highest BCUT2D eigenvalue weighted by atomic mass is 16.6. The maximum Gasteiger partial charge on any atom is 0.321 e. The zero-order chi connectivity index (χ0) is 47.9. The van der Waals surface area contributed by atoms with Gasteiger partial charge in [0.15, 0.2) is 0 Å². The molecule has 0 fully saturated rings. The lowest BCUT2D eigenvalue weighted by Gasteiger charge is -2.25. The molecule has 0 unspecified atom stereocenters. The summed E-state index contributed by atoms with van der Waals surface area (Å²) < 4.78 is 15.5. The number of hydrogen-bond donors (Lipinski definition) is 8. The average molecular weight is 910 g/mol. The van der Waals surface area contributed by atoms with Crippen LogP contribution >= 0.6 is 0 Å². The summed E-state index contributed by atoms with van der Waals surface area (Å²) in [7, 11) is 11.2. The van der Waals surface area contributed by atoms with Crippen LogP contribution < -0.4 is 45.5 Å². The number of nitrogens with one attached hydrogen (secondary N) is 1. The minimum atomic E-state index is -0.201. The molecule has 21 nitrogen and oxygen atoms in total. The summed E-state index contributed by atoms with van der Waals surface area (Å²) in [6.45, 7) is 16.5. The van der Waals surface area contributed by atoms with Gasteiger partial charge in [0.1, 0.15) is 20.2 Å². The van der Waals surface area contributed by atoms with Crippen LogP contribution in [0.2, 0.25) is 0 Å². The normalized spacial score (nSPS) is 11.4. The Kier molecular flexibility index (Phi) is 50.9. The molecule has 0 atom stereocenters. The quantitative estimate of drug-likeness (QED) is 0.0133. The summed E-state index contributed by atoms with van der Waals surface area (Å²) in [4.78, 5) is 49.4. The third-order valence-electron chi connectivity index (χ3n) is 8.91. The zero-order valence-electron chi connectivity index (χ0n) is 41.0. The van der Waals surface area contributed by atoms with Crippen LogP contribution in [0, 0.1) is 0 Å². The van der Waals surface area contributed by atoms with E-state index in [0.717, 1.165) is 130 Å². The van der Waals surface area contributed by atoms with E-state index < -0.39 is 0 Å². The summed E-state index contributed by atoms with van der Waals surface area (Å²) in [5.41, 5.74) is 38.7. The van der Waals surface area contributed by atoms with Gasteiger partial charge < -0.3 is 64.6 Å². The molecule has 0 aromatic rings. The van der Waals surface area contributed by atoms with Crippen molar-refractivity contribution in [3.8, 4) is 0 Å². The lowest BCUT2D eigenvalue weighted by atomic mass is 10.2. The van der Waals surface area contributed by atoms with Crippen molar-refractivity contribution in [2.75, 3.05) is 200 Å². The van der Waals surface area contributed by atoms with Crippen molar-refractivity contribution in [2.24, 2.45) is 40.1 Å². The van der Waals surface area contributed by atoms with Gasteiger partial charge in [-0.05, 0) is 218 Å². The van der Waals surface area contributed by atoms with Gasteiger partial charge in [-0.3, -0.25) is 43.8 Å². The topological polar surface area (TPSA) is 296 Å². The molecule has 21 heteroatoms. The van der Waals surface area contributed by atoms with Crippen LogP contribution in [-0.2, 0) is 28.6 Å². The van der Waals surface area contributed by atoms with E-state index in [1.807, 2.05) is 61.9 Å². The van der Waals surface area contributed by atoms with Gasteiger partial charge in [0.25, 0.3) is 0 Å². The average Bonchev–Trinajstić information content (AvgIpc) is 3.25. The van der Waals surface area contributed by atoms with Crippen LogP contribution in [0.5, 0.6) is 0 Å². The standard InChI is InChI=1S/C17H40N6O2.C14H33N5O2.C11H26N4O2/c1-21(2)16-25-17(24)15-23(12-5-9-20)14-6-13-22(10-3-7-18)11-4-8-19;1-18(2)13-21-14(20)12-19(10-4-7-16)11-5-9-17-8-3-6-15;1-14(2)10-17-11(16)9-15(7-3-5-12)8-4-6-13/h3-16,18-20H2,1-2H3;17H,3-13,15-16H2,1-2H3;3-10,12-13H2,1-2H3. The third kappa shape index (κ3) is 50.7. The van der Waals surface area contributed by atoms with Gasteiger partial charge >= 0.3 is 17.9 Å². The molecule has 0 aromatic heterocycles. The molecule has 0 saturated carbocycles. The number of ether oxygens (including phenoxy) is 3. The fourth-order valence-corrected chi connectivity index (χ4v) is 5.62. The number of carbonyl (C=O) groups excluding carboxylic acids is 3. The van der Waals surface area contributed by atoms with Gasteiger partial charge in [-0.25, -0.2) is 0 Å². The predicted molar refractivity (Wildman–Crippen MR) is 258 cm³/mol. The Morgan fingerprint density at radius 1 is 0.349 bits per heavy atom. The second-order valence-electron chi connectivity index (χ2n) is 16.3. The summed E-state index contributed by atoms with van der Waals surface area (Å²) >= 11 is 0. The number of carbonyl (C=O) groups is 3. The smallest absolute Gasteiger partial charge is 0.321 e. The van der Waals surface area contributed by atoms with Crippen LogP contribution in [0.25, 0.3) is 0 Å². The Hall–Kier alpha value is -2.19. The molecule has 0 bridgehead atoms. The predicted octanol–water partition coefficient (Wildman–Crippen LogP) is -2.83. The first-order chi connectivity index (χ1) is 30.2. The molecule has 0 aliphatic heterocycles. The molecule has 0 aromatic carbocycles. The van der Waals surface area contributed by atoms with Gasteiger partial charge in [-0.15, -0.1) is 0 Å². The molecule has 0 aliphatic carbocycles. The molecule has 0 rings (SSSR count). The molecule has 0 saturated heterocycles. The first-order valence-corrected chi connectivity index (χ1v) is 23.1. The first kappa shape index (κ1) is 65.1. The SMILES string of the molecule is CN(C)COC(=O)CN(CCCN)CCCN.CN(C)COC(=O)CN(CCCN)CCCN(CCCN)CCCN.CN(C)COC(=O)CN(CCCN)CCCNCCCN. The van der Waals surface area contributed by atoms with Crippen molar-refractivity contribution in [1.82, 2.24) is 39.6 Å². The Morgan fingerprint density at radius 3 is 0.873 bits per heavy atom. The lowest BCUT2D eigenvalue weighted by Crippen LogP contribution is -2.37. The van der Waals surface area contributed by atoms with Gasteiger partial charge in [0, 0.05) is 0 Å². The van der Waals surface area contributed by atoms with Crippen LogP contribution in [0.4, 0.5) is 0 Å². The zero-order valence-corrected chi connectivity index (χ0v) is 41.0. The molecule has 378 valence electrons. The van der Waals surface area contributed by atoms with E-state index in [0.29, 0.717) is 85.6 Å². The maximum absolute atomic E-state index is 11.9. The Labute approximate surface area is 383 Å². The number of hydrogen-bond acceptors (Lipinski definition) is 21. The van der Waals surface area contributed by atoms with Gasteiger partial charge in [0.2, 0.25) is 0 Å². The monoisotopic (exact) mass is 910 g/mol. The van der Waals surface area contributed by atoms with Crippen LogP contribution in [0.1, 0.15) is 57.8 Å². The van der Waals surface area contributed by atoms with Crippen LogP contribution in [-0.4, -0.2) is 252 Å². The molecule has 63 heavy (non-hydrogen) atoms. The molecular formula is C42H99N15O6. The minimum Gasteiger partial charge on any atom is -0.449 e. The van der Waals surface area contributed by atoms with Gasteiger partial charge in [0.05, 0.1) is 19.6 Å². The van der Waals surface area contributed by atoms with Gasteiger partial charge in [-0.2, -0.15) is 0 Å². The van der Waals surface area contributed by atoms with E-state index in [-0.39, 0.29) is 17.9 Å². The highest BCUT2D eigenvalue weighted by molar-refractivity contribution is 5.72. The van der Waals surface area contributed by atoms with Crippen LogP contribution in [0.15, 0.2) is 0 Å². The maximum atomic E-state index is 11.9. The highest BCUT2D eigenvalue weighted by Crippen LogP contribution is 2.01. The molecular weight excluding hydrogens is 811 g/mol. The van der Waals surface area contributed by atoms with Crippen molar-refractivity contribution in [2.45, 2.75) is 57.8 Å². The van der Waals surface area contributed by atoms with Crippen molar-refractivity contribution in [1.29, 1.82) is 0 Å². The number of nitrogens with two attached hydrogens (primary N) is 7. The Morgan fingerprint density at radius 2 is 0.587 bits per heavy atom. The lowest BCUT2D eigenvalue weighted by molar-refractivity contribution is -0.149. The fraction of sp³-hybridized carbons (Fsp3) is 0.929. The van der Waals surface area contributed by atoms with Crippen molar-refractivity contribution >= 4 is 17.9 Å². The number of rotatable bonds is 41. The largest absolute Gasteiger partial charge is 0.449 e. The number of esters is 3. The van der Waals surface area contributed by atoms with Gasteiger partial charge in [-0.1, -0.05) is 0 Å². The second kappa shape index (κ2) is 49.2. The molecule has 15 N–H and O–H groups in total. The molecule has 0 spiro atoms. The van der Waals surface area contributed by atoms with E-state index >= 15 is 0 Å². The van der Waals surface area contributed by atoms with Crippen molar-refractivity contribution in [3.05, 3.63) is 0 Å². The molecule has 0 radical (unpaired) electrons. The minimum absolute atomic E-state index is 0.184.